The predicted molar refractivity (Wildman–Crippen MR) is 91.2 cm³/mol. The summed E-state index contributed by atoms with van der Waals surface area (Å²) in [6.07, 6.45) is 8.04. The van der Waals surface area contributed by atoms with Gasteiger partial charge in [-0.1, -0.05) is 11.6 Å². The zero-order valence-electron chi connectivity index (χ0n) is 14.0. The molecule has 0 radical (unpaired) electrons. The molecule has 1 saturated heterocycles. The van der Waals surface area contributed by atoms with E-state index in [4.69, 9.17) is 16.3 Å². The number of hydrogen-bond acceptors (Lipinski definition) is 4. The van der Waals surface area contributed by atoms with E-state index in [-0.39, 0.29) is 16.8 Å². The number of nitrogens with zero attached hydrogens (tertiary/aromatic N) is 2. The minimum Gasteiger partial charge on any atom is -0.465 e. The molecule has 5 nitrogen and oxygen atoms in total. The zero-order valence-corrected chi connectivity index (χ0v) is 14.8. The molecule has 1 aromatic carbocycles. The molecule has 2 aromatic rings. The van der Waals surface area contributed by atoms with Gasteiger partial charge >= 0.3 is 5.97 Å². The van der Waals surface area contributed by atoms with Crippen LogP contribution in [0.4, 0.5) is 4.39 Å². The van der Waals surface area contributed by atoms with E-state index in [1.54, 1.807) is 6.20 Å². The highest BCUT2D eigenvalue weighted by molar-refractivity contribution is 6.34. The standard InChI is InChI=1S/C18H20ClFN2O3/c1-24-18(23)15-9-14(20)8-13(17(15)19)6-5-12-10-21-22(11-12)16-4-2-3-7-25-16/h8-11,16H,2-7H2,1H3. The van der Waals surface area contributed by atoms with Gasteiger partial charge in [-0.25, -0.2) is 13.9 Å². The van der Waals surface area contributed by atoms with Crippen LogP contribution in [0.3, 0.4) is 0 Å². The average Bonchev–Trinajstić information content (AvgIpc) is 3.11. The lowest BCUT2D eigenvalue weighted by atomic mass is 10.0. The van der Waals surface area contributed by atoms with Crippen molar-refractivity contribution in [3.63, 3.8) is 0 Å². The molecular weight excluding hydrogens is 347 g/mol. The maximum absolute atomic E-state index is 13.8. The number of methoxy groups -OCH3 is 1. The Bertz CT molecular complexity index is 757. The summed E-state index contributed by atoms with van der Waals surface area (Å²) in [4.78, 5) is 11.7. The molecule has 0 N–H and O–H groups in total. The fourth-order valence-electron chi connectivity index (χ4n) is 2.96. The molecule has 1 atom stereocenters. The highest BCUT2D eigenvalue weighted by atomic mass is 35.5. The first-order valence-corrected chi connectivity index (χ1v) is 8.67. The molecule has 1 aromatic heterocycles. The number of benzene rings is 1. The third-order valence-electron chi connectivity index (χ3n) is 4.31. The first-order chi connectivity index (χ1) is 12.1. The van der Waals surface area contributed by atoms with Crippen LogP contribution >= 0.6 is 11.6 Å². The third-order valence-corrected chi connectivity index (χ3v) is 4.75. The van der Waals surface area contributed by atoms with Gasteiger partial charge in [0.25, 0.3) is 0 Å². The summed E-state index contributed by atoms with van der Waals surface area (Å²) < 4.78 is 26.0. The van der Waals surface area contributed by atoms with Gasteiger partial charge in [0.15, 0.2) is 0 Å². The molecule has 1 aliphatic heterocycles. The molecule has 1 aliphatic rings. The van der Waals surface area contributed by atoms with Gasteiger partial charge in [-0.15, -0.1) is 0 Å². The Morgan fingerprint density at radius 3 is 3.00 bits per heavy atom. The van der Waals surface area contributed by atoms with Gasteiger partial charge in [-0.3, -0.25) is 0 Å². The maximum atomic E-state index is 13.8. The van der Waals surface area contributed by atoms with Gasteiger partial charge in [0.2, 0.25) is 0 Å². The maximum Gasteiger partial charge on any atom is 0.339 e. The van der Waals surface area contributed by atoms with Crippen molar-refractivity contribution < 1.29 is 18.7 Å². The summed E-state index contributed by atoms with van der Waals surface area (Å²) in [5, 5.41) is 4.59. The van der Waals surface area contributed by atoms with Crippen LogP contribution in [0.25, 0.3) is 0 Å². The highest BCUT2D eigenvalue weighted by Gasteiger charge is 2.18. The molecule has 0 amide bonds. The molecule has 25 heavy (non-hydrogen) atoms. The lowest BCUT2D eigenvalue weighted by Crippen LogP contribution is -2.18. The van der Waals surface area contributed by atoms with Crippen molar-refractivity contribution in [3.8, 4) is 0 Å². The third kappa shape index (κ3) is 4.19. The SMILES string of the molecule is COC(=O)c1cc(F)cc(CCc2cnn(C3CCCCO3)c2)c1Cl. The van der Waals surface area contributed by atoms with Crippen molar-refractivity contribution in [2.24, 2.45) is 0 Å². The summed E-state index contributed by atoms with van der Waals surface area (Å²) in [5.41, 5.74) is 1.63. The van der Waals surface area contributed by atoms with Crippen LogP contribution in [0, 0.1) is 5.82 Å². The van der Waals surface area contributed by atoms with Crippen LogP contribution in [0.5, 0.6) is 0 Å². The normalized spacial score (nSPS) is 17.5. The molecule has 1 unspecified atom stereocenters. The van der Waals surface area contributed by atoms with Crippen molar-refractivity contribution in [1.29, 1.82) is 0 Å². The Kier molecular flexibility index (Phi) is 5.71. The van der Waals surface area contributed by atoms with E-state index in [1.165, 1.54) is 13.2 Å². The largest absolute Gasteiger partial charge is 0.465 e. The molecule has 7 heteroatoms. The Morgan fingerprint density at radius 2 is 2.28 bits per heavy atom. The van der Waals surface area contributed by atoms with Crippen LogP contribution in [0.15, 0.2) is 24.5 Å². The van der Waals surface area contributed by atoms with Gasteiger partial charge in [-0.05, 0) is 55.4 Å². The van der Waals surface area contributed by atoms with Crippen LogP contribution in [0.1, 0.15) is 47.0 Å². The molecule has 134 valence electrons. The smallest absolute Gasteiger partial charge is 0.339 e. The van der Waals surface area contributed by atoms with Crippen LogP contribution in [0.2, 0.25) is 5.02 Å². The van der Waals surface area contributed by atoms with E-state index < -0.39 is 11.8 Å². The molecule has 3 rings (SSSR count). The second-order valence-electron chi connectivity index (χ2n) is 6.07. The van der Waals surface area contributed by atoms with E-state index >= 15 is 0 Å². The Morgan fingerprint density at radius 1 is 1.44 bits per heavy atom. The van der Waals surface area contributed by atoms with Crippen molar-refractivity contribution in [2.75, 3.05) is 13.7 Å². The van der Waals surface area contributed by atoms with E-state index in [9.17, 15) is 9.18 Å². The predicted octanol–water partition coefficient (Wildman–Crippen LogP) is 3.95. The fraction of sp³-hybridized carbons (Fsp3) is 0.444. The number of ether oxygens (including phenoxy) is 2. The Hall–Kier alpha value is -1.92. The van der Waals surface area contributed by atoms with Crippen LogP contribution < -0.4 is 0 Å². The van der Waals surface area contributed by atoms with Crippen molar-refractivity contribution in [3.05, 3.63) is 52.1 Å². The van der Waals surface area contributed by atoms with Gasteiger partial charge < -0.3 is 9.47 Å². The van der Waals surface area contributed by atoms with Crippen LogP contribution in [-0.2, 0) is 22.3 Å². The molecule has 1 fully saturated rings. The lowest BCUT2D eigenvalue weighted by molar-refractivity contribution is -0.0395. The van der Waals surface area contributed by atoms with Gasteiger partial charge in [0, 0.05) is 12.8 Å². The summed E-state index contributed by atoms with van der Waals surface area (Å²) >= 11 is 6.24. The van der Waals surface area contributed by atoms with Gasteiger partial charge in [0.1, 0.15) is 12.0 Å². The molecule has 0 saturated carbocycles. The summed E-state index contributed by atoms with van der Waals surface area (Å²) in [6, 6.07) is 2.44. The van der Waals surface area contributed by atoms with Crippen molar-refractivity contribution in [2.45, 2.75) is 38.3 Å². The molecular formula is C18H20ClFN2O3. The lowest BCUT2D eigenvalue weighted by Gasteiger charge is -2.22. The number of rotatable bonds is 5. The minimum absolute atomic E-state index is 0.00816. The van der Waals surface area contributed by atoms with E-state index in [2.05, 4.69) is 9.84 Å². The topological polar surface area (TPSA) is 53.3 Å². The molecule has 2 heterocycles. The second kappa shape index (κ2) is 7.97. The van der Waals surface area contributed by atoms with E-state index in [0.29, 0.717) is 18.4 Å². The monoisotopic (exact) mass is 366 g/mol. The van der Waals surface area contributed by atoms with Gasteiger partial charge in [0.05, 0.1) is 23.9 Å². The Balaban J connectivity index is 1.70. The number of halogens is 2. The average molecular weight is 367 g/mol. The van der Waals surface area contributed by atoms with E-state index in [0.717, 1.165) is 37.5 Å². The number of hydrogen-bond donors (Lipinski definition) is 0. The van der Waals surface area contributed by atoms with Gasteiger partial charge in [-0.2, -0.15) is 5.10 Å². The second-order valence-corrected chi connectivity index (χ2v) is 6.45. The highest BCUT2D eigenvalue weighted by Crippen LogP contribution is 2.26. The first-order valence-electron chi connectivity index (χ1n) is 8.29. The summed E-state index contributed by atoms with van der Waals surface area (Å²) in [7, 11) is 1.24. The molecule has 0 spiro atoms. The minimum atomic E-state index is -0.645. The van der Waals surface area contributed by atoms with E-state index in [1.807, 2.05) is 10.9 Å². The van der Waals surface area contributed by atoms with Crippen molar-refractivity contribution >= 4 is 17.6 Å². The van der Waals surface area contributed by atoms with Crippen LogP contribution in [-0.4, -0.2) is 29.5 Å². The quantitative estimate of drug-likeness (QED) is 0.752. The number of aryl methyl sites for hydroxylation is 2. The zero-order chi connectivity index (χ0) is 17.8. The number of esters is 1. The number of carbonyl (C=O) groups is 1. The van der Waals surface area contributed by atoms with Crippen molar-refractivity contribution in [1.82, 2.24) is 9.78 Å². The first kappa shape index (κ1) is 17.9. The molecule has 0 bridgehead atoms. The number of carbonyl (C=O) groups excluding carboxylic acids is 1. The fourth-order valence-corrected chi connectivity index (χ4v) is 3.24. The number of aromatic nitrogens is 2. The summed E-state index contributed by atoms with van der Waals surface area (Å²) in [6.45, 7) is 0.759. The Labute approximate surface area is 150 Å². The molecule has 0 aliphatic carbocycles. The summed E-state index contributed by atoms with van der Waals surface area (Å²) in [5.74, 6) is -1.15.